The van der Waals surface area contributed by atoms with Crippen LogP contribution in [0.1, 0.15) is 25.7 Å². The van der Waals surface area contributed by atoms with Crippen molar-refractivity contribution >= 4 is 12.2 Å². The molecule has 19 heavy (non-hydrogen) atoms. The molecule has 0 aromatic carbocycles. The van der Waals surface area contributed by atoms with Crippen molar-refractivity contribution in [2.24, 2.45) is 0 Å². The standard InChI is InChI=1S/C15H18N2O2/c1-17(11-7-6-10-16)15(19)14-9-5-3-2-4-8-13(14)12-18/h2-3,8-9,12H,4-7,11H2,1H3/b3-2-,13-8-,14-9+. The van der Waals surface area contributed by atoms with Crippen molar-refractivity contribution < 1.29 is 9.59 Å². The van der Waals surface area contributed by atoms with Crippen molar-refractivity contribution in [1.82, 2.24) is 4.90 Å². The number of hydrogen-bond acceptors (Lipinski definition) is 3. The number of likely N-dealkylation sites (N-methyl/N-ethyl adjacent to an activating group) is 1. The monoisotopic (exact) mass is 258 g/mol. The first-order valence-corrected chi connectivity index (χ1v) is 6.34. The van der Waals surface area contributed by atoms with Crippen LogP contribution in [-0.2, 0) is 9.59 Å². The van der Waals surface area contributed by atoms with Gasteiger partial charge in [-0.1, -0.05) is 24.3 Å². The molecule has 0 aromatic heterocycles. The summed E-state index contributed by atoms with van der Waals surface area (Å²) in [7, 11) is 1.69. The summed E-state index contributed by atoms with van der Waals surface area (Å²) in [5, 5.41) is 8.49. The van der Waals surface area contributed by atoms with Crippen LogP contribution in [0.5, 0.6) is 0 Å². The number of aldehydes is 1. The summed E-state index contributed by atoms with van der Waals surface area (Å²) in [6.07, 6.45) is 10.6. The number of allylic oxidation sites excluding steroid dienone is 4. The fraction of sp³-hybridized carbons (Fsp3) is 0.400. The molecule has 1 amide bonds. The molecule has 0 spiro atoms. The van der Waals surface area contributed by atoms with Crippen LogP contribution in [0, 0.1) is 11.3 Å². The molecule has 100 valence electrons. The predicted octanol–water partition coefficient (Wildman–Crippen LogP) is 2.15. The molecule has 0 aromatic rings. The Bertz CT molecular complexity index is 467. The smallest absolute Gasteiger partial charge is 0.253 e. The van der Waals surface area contributed by atoms with E-state index in [1.54, 1.807) is 24.1 Å². The lowest BCUT2D eigenvalue weighted by Crippen LogP contribution is -2.30. The molecule has 1 aliphatic rings. The number of rotatable bonds is 5. The maximum absolute atomic E-state index is 12.3. The zero-order valence-electron chi connectivity index (χ0n) is 11.1. The van der Waals surface area contributed by atoms with E-state index in [2.05, 4.69) is 6.07 Å². The summed E-state index contributed by atoms with van der Waals surface area (Å²) in [5.74, 6) is -0.161. The average molecular weight is 258 g/mol. The van der Waals surface area contributed by atoms with Gasteiger partial charge in [0, 0.05) is 31.2 Å². The number of carbonyl (C=O) groups excluding carboxylic acids is 2. The van der Waals surface area contributed by atoms with Crippen LogP contribution < -0.4 is 0 Å². The van der Waals surface area contributed by atoms with Gasteiger partial charge in [0.25, 0.3) is 5.91 Å². The van der Waals surface area contributed by atoms with Crippen molar-refractivity contribution in [3.05, 3.63) is 35.5 Å². The molecular weight excluding hydrogens is 240 g/mol. The molecule has 0 heterocycles. The highest BCUT2D eigenvalue weighted by Gasteiger charge is 2.17. The summed E-state index contributed by atoms with van der Waals surface area (Å²) >= 11 is 0. The second-order valence-electron chi connectivity index (χ2n) is 4.33. The predicted molar refractivity (Wildman–Crippen MR) is 73.1 cm³/mol. The largest absolute Gasteiger partial charge is 0.342 e. The molecular formula is C15H18N2O2. The van der Waals surface area contributed by atoms with Crippen LogP contribution in [0.25, 0.3) is 0 Å². The van der Waals surface area contributed by atoms with E-state index in [-0.39, 0.29) is 5.91 Å². The molecule has 4 heteroatoms. The molecule has 0 atom stereocenters. The zero-order valence-corrected chi connectivity index (χ0v) is 11.1. The van der Waals surface area contributed by atoms with E-state index in [1.165, 1.54) is 0 Å². The SMILES string of the molecule is CN(CCCC#N)C(=O)C1=C/C/C=C\C/C=C\1C=O. The number of nitrogens with zero attached hydrogens (tertiary/aromatic N) is 2. The van der Waals surface area contributed by atoms with Gasteiger partial charge >= 0.3 is 0 Å². The molecule has 0 unspecified atom stereocenters. The quantitative estimate of drug-likeness (QED) is 0.431. The van der Waals surface area contributed by atoms with Gasteiger partial charge in [0.1, 0.15) is 0 Å². The van der Waals surface area contributed by atoms with Gasteiger partial charge < -0.3 is 4.90 Å². The highest BCUT2D eigenvalue weighted by atomic mass is 16.2. The molecule has 0 aliphatic heterocycles. The lowest BCUT2D eigenvalue weighted by atomic mass is 10.0. The van der Waals surface area contributed by atoms with Crippen LogP contribution in [-0.4, -0.2) is 30.7 Å². The lowest BCUT2D eigenvalue weighted by Gasteiger charge is -2.19. The molecule has 0 bridgehead atoms. The lowest BCUT2D eigenvalue weighted by molar-refractivity contribution is -0.126. The van der Waals surface area contributed by atoms with E-state index in [0.717, 1.165) is 6.29 Å². The average Bonchev–Trinajstić information content (AvgIpc) is 2.38. The summed E-state index contributed by atoms with van der Waals surface area (Å²) < 4.78 is 0. The summed E-state index contributed by atoms with van der Waals surface area (Å²) in [6.45, 7) is 0.520. The van der Waals surface area contributed by atoms with E-state index >= 15 is 0 Å². The van der Waals surface area contributed by atoms with Gasteiger partial charge in [-0.15, -0.1) is 0 Å². The molecule has 1 rings (SSSR count). The fourth-order valence-electron chi connectivity index (χ4n) is 1.83. The normalized spacial score (nSPS) is 21.7. The minimum Gasteiger partial charge on any atom is -0.342 e. The number of amides is 1. The third-order valence-electron chi connectivity index (χ3n) is 2.90. The minimum atomic E-state index is -0.161. The van der Waals surface area contributed by atoms with Gasteiger partial charge in [0.15, 0.2) is 6.29 Å². The number of carbonyl (C=O) groups is 2. The Morgan fingerprint density at radius 1 is 1.42 bits per heavy atom. The van der Waals surface area contributed by atoms with Crippen molar-refractivity contribution in [2.45, 2.75) is 25.7 Å². The maximum atomic E-state index is 12.3. The Hall–Kier alpha value is -2.15. The highest BCUT2D eigenvalue weighted by Crippen LogP contribution is 2.16. The summed E-state index contributed by atoms with van der Waals surface area (Å²) in [6, 6.07) is 2.05. The van der Waals surface area contributed by atoms with E-state index in [1.807, 2.05) is 12.2 Å². The Balaban J connectivity index is 2.80. The zero-order chi connectivity index (χ0) is 14.1. The Labute approximate surface area is 113 Å². The van der Waals surface area contributed by atoms with Gasteiger partial charge in [0.05, 0.1) is 6.07 Å². The van der Waals surface area contributed by atoms with Crippen molar-refractivity contribution in [2.75, 3.05) is 13.6 Å². The third-order valence-corrected chi connectivity index (χ3v) is 2.90. The molecule has 4 nitrogen and oxygen atoms in total. The van der Waals surface area contributed by atoms with Crippen LogP contribution in [0.2, 0.25) is 0 Å². The Kier molecular flexibility index (Phi) is 6.31. The van der Waals surface area contributed by atoms with E-state index < -0.39 is 0 Å². The number of unbranched alkanes of at least 4 members (excludes halogenated alkanes) is 1. The van der Waals surface area contributed by atoms with Crippen molar-refractivity contribution in [3.63, 3.8) is 0 Å². The van der Waals surface area contributed by atoms with E-state index in [9.17, 15) is 9.59 Å². The molecule has 0 saturated heterocycles. The van der Waals surface area contributed by atoms with Crippen molar-refractivity contribution in [3.8, 4) is 6.07 Å². The van der Waals surface area contributed by atoms with Gasteiger partial charge in [-0.3, -0.25) is 9.59 Å². The number of hydrogen-bond donors (Lipinski definition) is 0. The Morgan fingerprint density at radius 3 is 2.74 bits per heavy atom. The summed E-state index contributed by atoms with van der Waals surface area (Å²) in [5.41, 5.74) is 0.903. The Morgan fingerprint density at radius 2 is 2.11 bits per heavy atom. The van der Waals surface area contributed by atoms with Gasteiger partial charge in [-0.25, -0.2) is 0 Å². The first-order valence-electron chi connectivity index (χ1n) is 6.34. The molecule has 0 radical (unpaired) electrons. The highest BCUT2D eigenvalue weighted by molar-refractivity contribution is 6.04. The van der Waals surface area contributed by atoms with Crippen LogP contribution in [0.15, 0.2) is 35.5 Å². The second kappa shape index (κ2) is 8.04. The molecule has 1 aliphatic carbocycles. The first kappa shape index (κ1) is 14.9. The fourth-order valence-corrected chi connectivity index (χ4v) is 1.83. The minimum absolute atomic E-state index is 0.161. The van der Waals surface area contributed by atoms with E-state index in [0.29, 0.717) is 43.4 Å². The van der Waals surface area contributed by atoms with Crippen LogP contribution in [0.3, 0.4) is 0 Å². The second-order valence-corrected chi connectivity index (χ2v) is 4.33. The van der Waals surface area contributed by atoms with Crippen LogP contribution >= 0.6 is 0 Å². The van der Waals surface area contributed by atoms with Crippen molar-refractivity contribution in [1.29, 1.82) is 5.26 Å². The molecule has 0 saturated carbocycles. The topological polar surface area (TPSA) is 61.2 Å². The van der Waals surface area contributed by atoms with Gasteiger partial charge in [-0.2, -0.15) is 5.26 Å². The summed E-state index contributed by atoms with van der Waals surface area (Å²) in [4.78, 5) is 24.9. The molecule has 0 fully saturated rings. The maximum Gasteiger partial charge on any atom is 0.253 e. The van der Waals surface area contributed by atoms with Crippen LogP contribution in [0.4, 0.5) is 0 Å². The first-order chi connectivity index (χ1) is 9.20. The number of nitriles is 1. The third kappa shape index (κ3) is 4.55. The molecule has 0 N–H and O–H groups in total. The van der Waals surface area contributed by atoms with Gasteiger partial charge in [0.2, 0.25) is 0 Å². The van der Waals surface area contributed by atoms with E-state index in [4.69, 9.17) is 5.26 Å². The van der Waals surface area contributed by atoms with Gasteiger partial charge in [-0.05, 0) is 19.3 Å².